The number of hydrogen-bond donors (Lipinski definition) is 1. The van der Waals surface area contributed by atoms with Gasteiger partial charge in [-0.05, 0) is 12.1 Å². The fraction of sp³-hybridized carbons (Fsp3) is 0.444. The summed E-state index contributed by atoms with van der Waals surface area (Å²) >= 11 is 0. The molecule has 0 aromatic carbocycles. The molecule has 5 heteroatoms. The third-order valence-electron chi connectivity index (χ3n) is 1.95. The van der Waals surface area contributed by atoms with E-state index in [1.807, 2.05) is 6.07 Å². The molecule has 14 heavy (non-hydrogen) atoms. The number of nitrogens with zero attached hydrogens (tertiary/aromatic N) is 4. The molecule has 2 heterocycles. The van der Waals surface area contributed by atoms with Crippen LogP contribution in [-0.2, 0) is 5.41 Å². The van der Waals surface area contributed by atoms with Crippen LogP contribution < -0.4 is 5.73 Å². The van der Waals surface area contributed by atoms with Gasteiger partial charge in [0.05, 0.1) is 0 Å². The molecule has 2 aromatic heterocycles. The van der Waals surface area contributed by atoms with E-state index in [4.69, 9.17) is 5.73 Å². The first-order valence-corrected chi connectivity index (χ1v) is 4.47. The van der Waals surface area contributed by atoms with Crippen LogP contribution in [0, 0.1) is 0 Å². The third-order valence-corrected chi connectivity index (χ3v) is 1.95. The molecule has 0 unspecified atom stereocenters. The van der Waals surface area contributed by atoms with Crippen molar-refractivity contribution in [2.45, 2.75) is 26.2 Å². The summed E-state index contributed by atoms with van der Waals surface area (Å²) in [6.07, 6.45) is 0. The molecule has 5 nitrogen and oxygen atoms in total. The van der Waals surface area contributed by atoms with E-state index in [0.717, 1.165) is 11.5 Å². The Morgan fingerprint density at radius 2 is 1.93 bits per heavy atom. The van der Waals surface area contributed by atoms with E-state index in [2.05, 4.69) is 36.1 Å². The van der Waals surface area contributed by atoms with Crippen molar-refractivity contribution in [2.24, 2.45) is 0 Å². The van der Waals surface area contributed by atoms with Gasteiger partial charge in [-0.1, -0.05) is 20.8 Å². The molecule has 0 saturated carbocycles. The first-order chi connectivity index (χ1) is 6.48. The molecular weight excluding hydrogens is 178 g/mol. The fourth-order valence-corrected chi connectivity index (χ4v) is 1.27. The van der Waals surface area contributed by atoms with E-state index >= 15 is 0 Å². The topological polar surface area (TPSA) is 69.1 Å². The number of fused-ring (bicyclic) bond motifs is 1. The molecule has 0 amide bonds. The first kappa shape index (κ1) is 8.93. The quantitative estimate of drug-likeness (QED) is 0.674. The largest absolute Gasteiger partial charge is 0.382 e. The van der Waals surface area contributed by atoms with Crippen molar-refractivity contribution in [2.75, 3.05) is 5.73 Å². The second-order valence-corrected chi connectivity index (χ2v) is 4.30. The normalized spacial score (nSPS) is 12.2. The molecule has 0 aliphatic rings. The maximum Gasteiger partial charge on any atom is 0.178 e. The van der Waals surface area contributed by atoms with Gasteiger partial charge in [0.2, 0.25) is 0 Å². The van der Waals surface area contributed by atoms with Crippen molar-refractivity contribution in [3.05, 3.63) is 18.0 Å². The van der Waals surface area contributed by atoms with Crippen molar-refractivity contribution in [3.63, 3.8) is 0 Å². The average Bonchev–Trinajstić information content (AvgIpc) is 2.45. The lowest BCUT2D eigenvalue weighted by Gasteiger charge is -2.14. The molecule has 74 valence electrons. The van der Waals surface area contributed by atoms with Gasteiger partial charge < -0.3 is 5.73 Å². The molecule has 2 rings (SSSR count). The minimum absolute atomic E-state index is 0.0831. The van der Waals surface area contributed by atoms with Gasteiger partial charge in [0.25, 0.3) is 0 Å². The van der Waals surface area contributed by atoms with Crippen molar-refractivity contribution in [3.8, 4) is 0 Å². The Kier molecular flexibility index (Phi) is 1.70. The van der Waals surface area contributed by atoms with Gasteiger partial charge in [0.15, 0.2) is 11.5 Å². The van der Waals surface area contributed by atoms with Crippen LogP contribution in [0.3, 0.4) is 0 Å². The predicted octanol–water partition coefficient (Wildman–Crippen LogP) is 1.00. The lowest BCUT2D eigenvalue weighted by atomic mass is 9.96. The van der Waals surface area contributed by atoms with Crippen LogP contribution in [-0.4, -0.2) is 19.8 Å². The standard InChI is InChI=1S/C9H13N5/c1-9(2,3)8-12-11-7-5-4-6(10)13-14(7)8/h4-5H,1-3H3,(H2,10,13). The zero-order valence-corrected chi connectivity index (χ0v) is 8.52. The number of anilines is 1. The van der Waals surface area contributed by atoms with E-state index in [1.54, 1.807) is 10.6 Å². The molecule has 0 atom stereocenters. The SMILES string of the molecule is CC(C)(C)c1nnc2ccc(N)nn12. The Bertz CT molecular complexity index is 465. The molecule has 0 bridgehead atoms. The second-order valence-electron chi connectivity index (χ2n) is 4.30. The van der Waals surface area contributed by atoms with Gasteiger partial charge in [-0.2, -0.15) is 4.52 Å². The zero-order valence-electron chi connectivity index (χ0n) is 8.52. The summed E-state index contributed by atoms with van der Waals surface area (Å²) in [6, 6.07) is 3.53. The van der Waals surface area contributed by atoms with E-state index < -0.39 is 0 Å². The Balaban J connectivity index is 2.73. The highest BCUT2D eigenvalue weighted by Crippen LogP contribution is 2.20. The average molecular weight is 191 g/mol. The van der Waals surface area contributed by atoms with Crippen LogP contribution in [0.2, 0.25) is 0 Å². The van der Waals surface area contributed by atoms with Gasteiger partial charge in [-0.15, -0.1) is 15.3 Å². The molecular formula is C9H13N5. The summed E-state index contributed by atoms with van der Waals surface area (Å²) in [5, 5.41) is 12.3. The van der Waals surface area contributed by atoms with E-state index in [-0.39, 0.29) is 5.41 Å². The Hall–Kier alpha value is -1.65. The maximum atomic E-state index is 5.61. The minimum Gasteiger partial charge on any atom is -0.382 e. The van der Waals surface area contributed by atoms with Gasteiger partial charge in [0, 0.05) is 5.41 Å². The number of nitrogens with two attached hydrogens (primary N) is 1. The predicted molar refractivity (Wildman–Crippen MR) is 53.9 cm³/mol. The van der Waals surface area contributed by atoms with E-state index in [1.165, 1.54) is 0 Å². The summed E-state index contributed by atoms with van der Waals surface area (Å²) in [6.45, 7) is 6.19. The molecule has 0 saturated heterocycles. The van der Waals surface area contributed by atoms with Crippen LogP contribution in [0.1, 0.15) is 26.6 Å². The van der Waals surface area contributed by atoms with Crippen LogP contribution in [0.4, 0.5) is 5.82 Å². The summed E-state index contributed by atoms with van der Waals surface area (Å²) in [4.78, 5) is 0. The molecule has 2 aromatic rings. The molecule has 0 fully saturated rings. The van der Waals surface area contributed by atoms with Crippen molar-refractivity contribution < 1.29 is 0 Å². The lowest BCUT2D eigenvalue weighted by molar-refractivity contribution is 0.527. The van der Waals surface area contributed by atoms with E-state index in [0.29, 0.717) is 5.82 Å². The van der Waals surface area contributed by atoms with Crippen LogP contribution in [0.5, 0.6) is 0 Å². The molecule has 0 aliphatic heterocycles. The number of rotatable bonds is 0. The summed E-state index contributed by atoms with van der Waals surface area (Å²) < 4.78 is 1.69. The summed E-state index contributed by atoms with van der Waals surface area (Å²) in [5.41, 5.74) is 6.25. The molecule has 2 N–H and O–H groups in total. The zero-order chi connectivity index (χ0) is 10.3. The fourth-order valence-electron chi connectivity index (χ4n) is 1.27. The number of aromatic nitrogens is 4. The molecule has 0 radical (unpaired) electrons. The van der Waals surface area contributed by atoms with Gasteiger partial charge in [0.1, 0.15) is 5.82 Å². The van der Waals surface area contributed by atoms with Gasteiger partial charge in [-0.3, -0.25) is 0 Å². The summed E-state index contributed by atoms with van der Waals surface area (Å²) in [7, 11) is 0. The molecule has 0 aliphatic carbocycles. The monoisotopic (exact) mass is 191 g/mol. The van der Waals surface area contributed by atoms with Crippen molar-refractivity contribution in [1.82, 2.24) is 19.8 Å². The van der Waals surface area contributed by atoms with Crippen LogP contribution in [0.15, 0.2) is 12.1 Å². The second kappa shape index (κ2) is 2.67. The smallest absolute Gasteiger partial charge is 0.178 e. The lowest BCUT2D eigenvalue weighted by Crippen LogP contribution is -2.17. The third kappa shape index (κ3) is 1.30. The molecule has 0 spiro atoms. The van der Waals surface area contributed by atoms with Crippen LogP contribution >= 0.6 is 0 Å². The number of hydrogen-bond acceptors (Lipinski definition) is 4. The van der Waals surface area contributed by atoms with Gasteiger partial charge >= 0.3 is 0 Å². The highest BCUT2D eigenvalue weighted by Gasteiger charge is 2.21. The van der Waals surface area contributed by atoms with Gasteiger partial charge in [-0.25, -0.2) is 0 Å². The first-order valence-electron chi connectivity index (χ1n) is 4.47. The van der Waals surface area contributed by atoms with E-state index in [9.17, 15) is 0 Å². The van der Waals surface area contributed by atoms with Crippen molar-refractivity contribution in [1.29, 1.82) is 0 Å². The minimum atomic E-state index is -0.0831. The van der Waals surface area contributed by atoms with Crippen LogP contribution in [0.25, 0.3) is 5.65 Å². The Morgan fingerprint density at radius 1 is 1.21 bits per heavy atom. The summed E-state index contributed by atoms with van der Waals surface area (Å²) in [5.74, 6) is 1.29. The maximum absolute atomic E-state index is 5.61. The highest BCUT2D eigenvalue weighted by molar-refractivity contribution is 5.42. The Labute approximate surface area is 81.9 Å². The Morgan fingerprint density at radius 3 is 2.57 bits per heavy atom. The number of nitrogen functional groups attached to an aromatic ring is 1. The van der Waals surface area contributed by atoms with Crippen molar-refractivity contribution >= 4 is 11.5 Å². The highest BCUT2D eigenvalue weighted by atomic mass is 15.4.